The van der Waals surface area contributed by atoms with E-state index in [9.17, 15) is 9.59 Å². The SMILES string of the molecule is COCCNC(=O)CN1CCN(C(=O)CC2COCCN2)CC1. The van der Waals surface area contributed by atoms with Gasteiger partial charge in [-0.05, 0) is 0 Å². The minimum Gasteiger partial charge on any atom is -0.383 e. The zero-order chi connectivity index (χ0) is 16.5. The van der Waals surface area contributed by atoms with Crippen molar-refractivity contribution in [2.45, 2.75) is 12.5 Å². The lowest BCUT2D eigenvalue weighted by Gasteiger charge is -2.35. The fraction of sp³-hybridized carbons (Fsp3) is 0.867. The average Bonchev–Trinajstić information content (AvgIpc) is 2.56. The van der Waals surface area contributed by atoms with Crippen LogP contribution in [0.1, 0.15) is 6.42 Å². The smallest absolute Gasteiger partial charge is 0.234 e. The van der Waals surface area contributed by atoms with E-state index in [0.717, 1.165) is 26.2 Å². The molecule has 0 saturated carbocycles. The summed E-state index contributed by atoms with van der Waals surface area (Å²) in [6.45, 7) is 6.39. The Morgan fingerprint density at radius 3 is 2.74 bits per heavy atom. The summed E-state index contributed by atoms with van der Waals surface area (Å²) in [6.07, 6.45) is 0.484. The van der Waals surface area contributed by atoms with Gasteiger partial charge in [0.2, 0.25) is 11.8 Å². The van der Waals surface area contributed by atoms with Gasteiger partial charge in [-0.2, -0.15) is 0 Å². The average molecular weight is 328 g/mol. The number of hydrogen-bond acceptors (Lipinski definition) is 6. The highest BCUT2D eigenvalue weighted by atomic mass is 16.5. The Hall–Kier alpha value is -1.22. The summed E-state index contributed by atoms with van der Waals surface area (Å²) >= 11 is 0. The maximum atomic E-state index is 12.3. The number of nitrogens with one attached hydrogen (secondary N) is 2. The Morgan fingerprint density at radius 1 is 1.30 bits per heavy atom. The number of carbonyl (C=O) groups excluding carboxylic acids is 2. The van der Waals surface area contributed by atoms with Gasteiger partial charge in [0.05, 0.1) is 26.4 Å². The summed E-state index contributed by atoms with van der Waals surface area (Å²) in [5, 5.41) is 6.11. The zero-order valence-electron chi connectivity index (χ0n) is 13.9. The molecule has 0 aromatic heterocycles. The van der Waals surface area contributed by atoms with Crippen molar-refractivity contribution in [2.24, 2.45) is 0 Å². The van der Waals surface area contributed by atoms with Crippen LogP contribution in [-0.2, 0) is 19.1 Å². The number of nitrogens with zero attached hydrogens (tertiary/aromatic N) is 2. The van der Waals surface area contributed by atoms with Crippen molar-refractivity contribution < 1.29 is 19.1 Å². The van der Waals surface area contributed by atoms with Crippen LogP contribution in [0.2, 0.25) is 0 Å². The Kier molecular flexibility index (Phi) is 7.73. The van der Waals surface area contributed by atoms with Crippen LogP contribution in [0.15, 0.2) is 0 Å². The predicted octanol–water partition coefficient (Wildman–Crippen LogP) is -1.73. The highest BCUT2D eigenvalue weighted by Crippen LogP contribution is 2.07. The molecule has 2 saturated heterocycles. The van der Waals surface area contributed by atoms with Gasteiger partial charge in [-0.1, -0.05) is 0 Å². The molecule has 1 atom stereocenters. The molecule has 2 aliphatic rings. The van der Waals surface area contributed by atoms with Gasteiger partial charge in [0.1, 0.15) is 0 Å². The van der Waals surface area contributed by atoms with Gasteiger partial charge in [0.15, 0.2) is 0 Å². The Bertz CT molecular complexity index is 380. The standard InChI is InChI=1S/C15H28N4O4/c1-22-8-2-17-14(20)11-18-4-6-19(7-5-18)15(21)10-13-12-23-9-3-16-13/h13,16H,2-12H2,1H3,(H,17,20). The second-order valence-electron chi connectivity index (χ2n) is 5.93. The van der Waals surface area contributed by atoms with Crippen LogP contribution in [-0.4, -0.2) is 100 Å². The number of morpholine rings is 1. The lowest BCUT2D eigenvalue weighted by molar-refractivity contribution is -0.134. The van der Waals surface area contributed by atoms with Crippen LogP contribution in [0.4, 0.5) is 0 Å². The van der Waals surface area contributed by atoms with Crippen molar-refractivity contribution in [3.05, 3.63) is 0 Å². The summed E-state index contributed by atoms with van der Waals surface area (Å²) in [5.74, 6) is 0.169. The van der Waals surface area contributed by atoms with E-state index in [2.05, 4.69) is 15.5 Å². The van der Waals surface area contributed by atoms with Crippen molar-refractivity contribution in [3.8, 4) is 0 Å². The fourth-order valence-electron chi connectivity index (χ4n) is 2.80. The molecule has 2 aliphatic heterocycles. The quantitative estimate of drug-likeness (QED) is 0.541. The van der Waals surface area contributed by atoms with Crippen LogP contribution in [0.25, 0.3) is 0 Å². The summed E-state index contributed by atoms with van der Waals surface area (Å²) in [5.41, 5.74) is 0. The van der Waals surface area contributed by atoms with E-state index in [4.69, 9.17) is 9.47 Å². The van der Waals surface area contributed by atoms with Crippen molar-refractivity contribution in [1.82, 2.24) is 20.4 Å². The molecule has 2 heterocycles. The molecule has 0 aliphatic carbocycles. The van der Waals surface area contributed by atoms with Crippen molar-refractivity contribution in [1.29, 1.82) is 0 Å². The van der Waals surface area contributed by atoms with E-state index >= 15 is 0 Å². The van der Waals surface area contributed by atoms with E-state index < -0.39 is 0 Å². The summed E-state index contributed by atoms with van der Waals surface area (Å²) in [7, 11) is 1.61. The van der Waals surface area contributed by atoms with Crippen LogP contribution < -0.4 is 10.6 Å². The first kappa shape index (κ1) is 18.1. The molecule has 23 heavy (non-hydrogen) atoms. The summed E-state index contributed by atoms with van der Waals surface area (Å²) in [4.78, 5) is 28.0. The number of carbonyl (C=O) groups is 2. The number of piperazine rings is 1. The van der Waals surface area contributed by atoms with Gasteiger partial charge in [0.25, 0.3) is 0 Å². The lowest BCUT2D eigenvalue weighted by atomic mass is 10.1. The minimum atomic E-state index is 0.00498. The second kappa shape index (κ2) is 9.82. The zero-order valence-corrected chi connectivity index (χ0v) is 13.9. The summed E-state index contributed by atoms with van der Waals surface area (Å²) < 4.78 is 10.3. The monoisotopic (exact) mass is 328 g/mol. The fourth-order valence-corrected chi connectivity index (χ4v) is 2.80. The van der Waals surface area contributed by atoms with Gasteiger partial charge in [-0.3, -0.25) is 14.5 Å². The molecular formula is C15H28N4O4. The topological polar surface area (TPSA) is 83.1 Å². The molecule has 8 heteroatoms. The predicted molar refractivity (Wildman–Crippen MR) is 85.1 cm³/mol. The van der Waals surface area contributed by atoms with E-state index in [-0.39, 0.29) is 17.9 Å². The van der Waals surface area contributed by atoms with Crippen molar-refractivity contribution in [3.63, 3.8) is 0 Å². The van der Waals surface area contributed by atoms with E-state index in [1.54, 1.807) is 7.11 Å². The molecule has 2 amide bonds. The molecule has 8 nitrogen and oxygen atoms in total. The molecular weight excluding hydrogens is 300 g/mol. The number of rotatable bonds is 7. The van der Waals surface area contributed by atoms with Crippen LogP contribution >= 0.6 is 0 Å². The largest absolute Gasteiger partial charge is 0.383 e. The number of methoxy groups -OCH3 is 1. The van der Waals surface area contributed by atoms with Crippen molar-refractivity contribution in [2.75, 3.05) is 72.7 Å². The maximum Gasteiger partial charge on any atom is 0.234 e. The lowest BCUT2D eigenvalue weighted by Crippen LogP contribution is -2.52. The minimum absolute atomic E-state index is 0.00498. The number of amides is 2. The third-order valence-electron chi connectivity index (χ3n) is 4.14. The molecule has 2 N–H and O–H groups in total. The molecule has 0 spiro atoms. The van der Waals surface area contributed by atoms with E-state index in [1.165, 1.54) is 0 Å². The van der Waals surface area contributed by atoms with Gasteiger partial charge in [-0.25, -0.2) is 0 Å². The van der Waals surface area contributed by atoms with Gasteiger partial charge in [0, 0.05) is 58.8 Å². The molecule has 0 bridgehead atoms. The highest BCUT2D eigenvalue weighted by Gasteiger charge is 2.25. The molecule has 1 unspecified atom stereocenters. The molecule has 2 fully saturated rings. The Morgan fingerprint density at radius 2 is 2.09 bits per heavy atom. The molecule has 0 aromatic rings. The van der Waals surface area contributed by atoms with E-state index in [0.29, 0.717) is 45.8 Å². The third-order valence-corrected chi connectivity index (χ3v) is 4.14. The van der Waals surface area contributed by atoms with Gasteiger partial charge >= 0.3 is 0 Å². The number of hydrogen-bond donors (Lipinski definition) is 2. The first-order valence-electron chi connectivity index (χ1n) is 8.26. The number of ether oxygens (including phenoxy) is 2. The normalized spacial score (nSPS) is 22.8. The third kappa shape index (κ3) is 6.42. The molecule has 0 radical (unpaired) electrons. The molecule has 132 valence electrons. The van der Waals surface area contributed by atoms with Crippen molar-refractivity contribution >= 4 is 11.8 Å². The van der Waals surface area contributed by atoms with Gasteiger partial charge in [-0.15, -0.1) is 0 Å². The Balaban J connectivity index is 1.62. The maximum absolute atomic E-state index is 12.3. The summed E-state index contributed by atoms with van der Waals surface area (Å²) in [6, 6.07) is 0.126. The van der Waals surface area contributed by atoms with E-state index in [1.807, 2.05) is 4.90 Å². The first-order valence-corrected chi connectivity index (χ1v) is 8.26. The van der Waals surface area contributed by atoms with Crippen LogP contribution in [0.3, 0.4) is 0 Å². The van der Waals surface area contributed by atoms with Crippen LogP contribution in [0.5, 0.6) is 0 Å². The highest BCUT2D eigenvalue weighted by molar-refractivity contribution is 5.78. The second-order valence-corrected chi connectivity index (χ2v) is 5.93. The molecule has 2 rings (SSSR count). The molecule has 0 aromatic carbocycles. The first-order chi connectivity index (χ1) is 11.2. The van der Waals surface area contributed by atoms with Crippen LogP contribution in [0, 0.1) is 0 Å². The van der Waals surface area contributed by atoms with Gasteiger partial charge < -0.3 is 25.0 Å². The Labute approximate surface area is 137 Å².